The van der Waals surface area contributed by atoms with Gasteiger partial charge in [-0.3, -0.25) is 4.79 Å². The van der Waals surface area contributed by atoms with Gasteiger partial charge in [-0.1, -0.05) is 6.07 Å². The number of nitrogens with one attached hydrogen (secondary N) is 2. The predicted molar refractivity (Wildman–Crippen MR) is 78.4 cm³/mol. The molecule has 0 aliphatic carbocycles. The summed E-state index contributed by atoms with van der Waals surface area (Å²) in [6, 6.07) is 4.86. The molecule has 21 heavy (non-hydrogen) atoms. The van der Waals surface area contributed by atoms with E-state index >= 15 is 0 Å². The van der Waals surface area contributed by atoms with E-state index in [1.54, 1.807) is 6.07 Å². The number of halogens is 1. The summed E-state index contributed by atoms with van der Waals surface area (Å²) < 4.78 is 15.6. The lowest BCUT2D eigenvalue weighted by molar-refractivity contribution is -0.122. The van der Waals surface area contributed by atoms with E-state index in [9.17, 15) is 9.18 Å². The number of hydrogen-bond acceptors (Lipinski definition) is 3. The monoisotopic (exact) mass is 290 g/mol. The number of aryl methyl sites for hydroxylation is 1. The summed E-state index contributed by atoms with van der Waals surface area (Å²) in [5.74, 6) is 0.501. The Hall–Kier alpha value is -1.95. The highest BCUT2D eigenvalue weighted by atomic mass is 19.1. The number of aromatic nitrogens is 2. The SMILES string of the molecule is Cn1c(CCNC(=O)C2CCCN2)nc2c(F)cccc21. The fraction of sp³-hybridized carbons (Fsp3) is 0.467. The van der Waals surface area contributed by atoms with Crippen molar-refractivity contribution in [3.05, 3.63) is 29.8 Å². The van der Waals surface area contributed by atoms with Crippen molar-refractivity contribution in [1.29, 1.82) is 0 Å². The van der Waals surface area contributed by atoms with Crippen molar-refractivity contribution in [2.75, 3.05) is 13.1 Å². The van der Waals surface area contributed by atoms with Crippen molar-refractivity contribution >= 4 is 16.9 Å². The molecule has 1 aliphatic heterocycles. The Labute approximate surface area is 122 Å². The normalized spacial score (nSPS) is 18.3. The van der Waals surface area contributed by atoms with E-state index in [0.29, 0.717) is 18.5 Å². The van der Waals surface area contributed by atoms with Gasteiger partial charge < -0.3 is 15.2 Å². The summed E-state index contributed by atoms with van der Waals surface area (Å²) in [4.78, 5) is 16.2. The topological polar surface area (TPSA) is 59.0 Å². The van der Waals surface area contributed by atoms with Gasteiger partial charge in [0.25, 0.3) is 0 Å². The first kappa shape index (κ1) is 14.0. The van der Waals surface area contributed by atoms with E-state index < -0.39 is 0 Å². The molecule has 0 spiro atoms. The number of carbonyl (C=O) groups excluding carboxylic acids is 1. The highest BCUT2D eigenvalue weighted by molar-refractivity contribution is 5.82. The van der Waals surface area contributed by atoms with Gasteiger partial charge in [0.1, 0.15) is 11.3 Å². The molecule has 1 aliphatic rings. The van der Waals surface area contributed by atoms with Gasteiger partial charge in [-0.25, -0.2) is 9.37 Å². The Morgan fingerprint density at radius 3 is 3.14 bits per heavy atom. The fourth-order valence-electron chi connectivity index (χ4n) is 2.78. The van der Waals surface area contributed by atoms with E-state index in [1.807, 2.05) is 17.7 Å². The molecule has 0 saturated carbocycles. The zero-order chi connectivity index (χ0) is 14.8. The van der Waals surface area contributed by atoms with Crippen molar-refractivity contribution in [3.63, 3.8) is 0 Å². The maximum atomic E-state index is 13.7. The van der Waals surface area contributed by atoms with Crippen LogP contribution in [-0.4, -0.2) is 34.6 Å². The number of imidazole rings is 1. The number of para-hydroxylation sites is 1. The molecule has 2 heterocycles. The van der Waals surface area contributed by atoms with Crippen LogP contribution in [0.4, 0.5) is 4.39 Å². The van der Waals surface area contributed by atoms with E-state index in [0.717, 1.165) is 30.7 Å². The summed E-state index contributed by atoms with van der Waals surface area (Å²) in [6.07, 6.45) is 2.52. The molecule has 1 saturated heterocycles. The molecule has 2 N–H and O–H groups in total. The number of rotatable bonds is 4. The minimum absolute atomic E-state index is 0.0393. The van der Waals surface area contributed by atoms with Crippen molar-refractivity contribution in [2.24, 2.45) is 7.05 Å². The maximum Gasteiger partial charge on any atom is 0.237 e. The standard InChI is InChI=1S/C15H19FN4O/c1-20-12-6-2-4-10(16)14(12)19-13(20)7-9-18-15(21)11-5-3-8-17-11/h2,4,6,11,17H,3,5,7-9H2,1H3,(H,18,21). The highest BCUT2D eigenvalue weighted by Gasteiger charge is 2.21. The summed E-state index contributed by atoms with van der Waals surface area (Å²) in [7, 11) is 1.87. The lowest BCUT2D eigenvalue weighted by Gasteiger charge is -2.10. The van der Waals surface area contributed by atoms with Crippen LogP contribution in [0.25, 0.3) is 11.0 Å². The second kappa shape index (κ2) is 5.81. The molecule has 2 aromatic rings. The number of carbonyl (C=O) groups is 1. The zero-order valence-electron chi connectivity index (χ0n) is 12.0. The third-order valence-electron chi connectivity index (χ3n) is 3.98. The van der Waals surface area contributed by atoms with Gasteiger partial charge in [0.15, 0.2) is 5.82 Å². The fourth-order valence-corrected chi connectivity index (χ4v) is 2.78. The van der Waals surface area contributed by atoms with Gasteiger partial charge in [-0.05, 0) is 31.5 Å². The van der Waals surface area contributed by atoms with Crippen LogP contribution in [0.1, 0.15) is 18.7 Å². The van der Waals surface area contributed by atoms with Gasteiger partial charge in [0.05, 0.1) is 11.6 Å². The molecule has 3 rings (SSSR count). The largest absolute Gasteiger partial charge is 0.354 e. The minimum Gasteiger partial charge on any atom is -0.354 e. The highest BCUT2D eigenvalue weighted by Crippen LogP contribution is 2.18. The second-order valence-corrected chi connectivity index (χ2v) is 5.38. The Morgan fingerprint density at radius 1 is 1.57 bits per heavy atom. The smallest absolute Gasteiger partial charge is 0.237 e. The second-order valence-electron chi connectivity index (χ2n) is 5.38. The molecular formula is C15H19FN4O. The van der Waals surface area contributed by atoms with Crippen molar-refractivity contribution in [2.45, 2.75) is 25.3 Å². The molecule has 1 aromatic carbocycles. The molecule has 1 atom stereocenters. The first-order chi connectivity index (χ1) is 10.2. The molecule has 1 fully saturated rings. The molecule has 6 heteroatoms. The van der Waals surface area contributed by atoms with Gasteiger partial charge in [-0.2, -0.15) is 0 Å². The van der Waals surface area contributed by atoms with Gasteiger partial charge in [0.2, 0.25) is 5.91 Å². The molecule has 1 aromatic heterocycles. The number of benzene rings is 1. The van der Waals surface area contributed by atoms with E-state index in [-0.39, 0.29) is 17.8 Å². The van der Waals surface area contributed by atoms with Crippen LogP contribution in [0, 0.1) is 5.82 Å². The average molecular weight is 290 g/mol. The Bertz CT molecular complexity index is 661. The van der Waals surface area contributed by atoms with Crippen LogP contribution in [0.2, 0.25) is 0 Å². The van der Waals surface area contributed by atoms with Crippen molar-refractivity contribution in [1.82, 2.24) is 20.2 Å². The number of hydrogen-bond donors (Lipinski definition) is 2. The van der Waals surface area contributed by atoms with Crippen LogP contribution in [0.15, 0.2) is 18.2 Å². The summed E-state index contributed by atoms with van der Waals surface area (Å²) in [6.45, 7) is 1.41. The van der Waals surface area contributed by atoms with Gasteiger partial charge in [-0.15, -0.1) is 0 Å². The lowest BCUT2D eigenvalue weighted by atomic mass is 10.2. The number of fused-ring (bicyclic) bond motifs is 1. The molecule has 112 valence electrons. The summed E-state index contributed by atoms with van der Waals surface area (Å²) >= 11 is 0. The molecule has 5 nitrogen and oxygen atoms in total. The molecule has 0 bridgehead atoms. The van der Waals surface area contributed by atoms with E-state index in [2.05, 4.69) is 15.6 Å². The van der Waals surface area contributed by atoms with Crippen LogP contribution < -0.4 is 10.6 Å². The number of amides is 1. The van der Waals surface area contributed by atoms with Crippen LogP contribution in [0.3, 0.4) is 0 Å². The first-order valence-electron chi connectivity index (χ1n) is 7.28. The van der Waals surface area contributed by atoms with Crippen LogP contribution in [0.5, 0.6) is 0 Å². The zero-order valence-corrected chi connectivity index (χ0v) is 12.0. The molecule has 1 unspecified atom stereocenters. The lowest BCUT2D eigenvalue weighted by Crippen LogP contribution is -2.41. The van der Waals surface area contributed by atoms with Gasteiger partial charge in [0, 0.05) is 20.0 Å². The van der Waals surface area contributed by atoms with Crippen LogP contribution in [-0.2, 0) is 18.3 Å². The quantitative estimate of drug-likeness (QED) is 0.887. The van der Waals surface area contributed by atoms with E-state index in [1.165, 1.54) is 6.07 Å². The molecular weight excluding hydrogens is 271 g/mol. The summed E-state index contributed by atoms with van der Waals surface area (Å²) in [5.41, 5.74) is 1.16. The Morgan fingerprint density at radius 2 is 2.43 bits per heavy atom. The van der Waals surface area contributed by atoms with Crippen LogP contribution >= 0.6 is 0 Å². The predicted octanol–water partition coefficient (Wildman–Crippen LogP) is 1.12. The van der Waals surface area contributed by atoms with E-state index in [4.69, 9.17) is 0 Å². The minimum atomic E-state index is -0.312. The first-order valence-corrected chi connectivity index (χ1v) is 7.28. The maximum absolute atomic E-state index is 13.7. The third-order valence-corrected chi connectivity index (χ3v) is 3.98. The van der Waals surface area contributed by atoms with Crippen molar-refractivity contribution in [3.8, 4) is 0 Å². The summed E-state index contributed by atoms with van der Waals surface area (Å²) in [5, 5.41) is 6.07. The van der Waals surface area contributed by atoms with Crippen molar-refractivity contribution < 1.29 is 9.18 Å². The third kappa shape index (κ3) is 2.76. The molecule has 0 radical (unpaired) electrons. The van der Waals surface area contributed by atoms with Gasteiger partial charge >= 0.3 is 0 Å². The number of nitrogens with zero attached hydrogens (tertiary/aromatic N) is 2. The molecule has 1 amide bonds. The average Bonchev–Trinajstić information content (AvgIpc) is 3.10. The Balaban J connectivity index is 1.64. The Kier molecular flexibility index (Phi) is 3.88.